The zero-order valence-corrected chi connectivity index (χ0v) is 33.1. The van der Waals surface area contributed by atoms with E-state index in [1.807, 2.05) is 6.92 Å². The number of carbonyl (C=O) groups excluding carboxylic acids is 3. The number of halogens is 2. The highest BCUT2D eigenvalue weighted by Gasteiger charge is 2.66. The van der Waals surface area contributed by atoms with E-state index in [4.69, 9.17) is 40.4 Å². The molecule has 2 saturated heterocycles. The Bertz CT molecular complexity index is 1980. The van der Waals surface area contributed by atoms with Gasteiger partial charge in [-0.15, -0.1) is 0 Å². The normalized spacial score (nSPS) is 28.4. The van der Waals surface area contributed by atoms with Gasteiger partial charge in [-0.3, -0.25) is 19.0 Å². The molecule has 2 spiro atoms. The van der Waals surface area contributed by atoms with E-state index in [0.29, 0.717) is 68.8 Å². The third-order valence-electron chi connectivity index (χ3n) is 11.6. The van der Waals surface area contributed by atoms with Gasteiger partial charge in [-0.05, 0) is 81.0 Å². The largest absolute Gasteiger partial charge is 0.446 e. The smallest absolute Gasteiger partial charge is 0.407 e. The number of benzene rings is 1. The number of hydrogen-bond acceptors (Lipinski definition) is 13. The summed E-state index contributed by atoms with van der Waals surface area (Å²) in [7, 11) is 0. The zero-order valence-electron chi connectivity index (χ0n) is 32.3. The molecule has 3 amide bonds. The van der Waals surface area contributed by atoms with Crippen LogP contribution in [0.2, 0.25) is 5.02 Å². The first-order chi connectivity index (χ1) is 27.9. The Labute approximate surface area is 339 Å². The molecule has 0 radical (unpaired) electrons. The molecule has 2 aliphatic heterocycles. The molecule has 19 heteroatoms. The number of nitrogens with zero attached hydrogens (tertiary/aromatic N) is 4. The van der Waals surface area contributed by atoms with Crippen LogP contribution < -0.4 is 21.4 Å². The highest BCUT2D eigenvalue weighted by atomic mass is 35.5. The molecule has 312 valence electrons. The second kappa shape index (κ2) is 17.0. The molecule has 17 nitrogen and oxygen atoms in total. The number of ether oxygens (including phenoxy) is 3. The Hall–Kier alpha value is -4.46. The standard InChI is InChI=1S/C39H48ClFN8O9/c1-22-17-42-36(45-29-5-8-53-9-6-29)47-34(22)49-19-33(44-21-49)35(51)46-32(25-12-27(40)14-28(41)13-25)18-43-37(52)55-30-4-3-7-38(16-30)56-39(58-57-38)15-24-10-26(31(39)11-24)20-54-48-23(2)50/h12-14,17,19,21,24,26,29-32H,3-11,15-16,18,20H2,1-2H3,(H,43,52)(H,46,51)(H,48,50)(H,42,45,47)/t24?,26?,30-,31?,32+,38-,39?/m0/s1. The number of hydrogen-bond donors (Lipinski definition) is 4. The molecule has 4 heterocycles. The fourth-order valence-corrected chi connectivity index (χ4v) is 9.28. The number of alkyl carbamates (subject to hydrolysis) is 1. The first-order valence-electron chi connectivity index (χ1n) is 19.8. The zero-order chi connectivity index (χ0) is 40.4. The summed E-state index contributed by atoms with van der Waals surface area (Å²) in [5.74, 6) is -1.92. The minimum Gasteiger partial charge on any atom is -0.446 e. The summed E-state index contributed by atoms with van der Waals surface area (Å²) in [5, 5.41) is 9.06. The molecule has 5 fully saturated rings. The van der Waals surface area contributed by atoms with Crippen molar-refractivity contribution in [3.05, 3.63) is 64.6 Å². The molecule has 7 atom stereocenters. The van der Waals surface area contributed by atoms with Crippen molar-refractivity contribution in [3.8, 4) is 5.82 Å². The average molecular weight is 827 g/mol. The molecular weight excluding hydrogens is 779 g/mol. The quantitative estimate of drug-likeness (QED) is 0.141. The van der Waals surface area contributed by atoms with Crippen molar-refractivity contribution in [2.24, 2.45) is 17.8 Å². The number of anilines is 1. The maximum Gasteiger partial charge on any atom is 0.407 e. The van der Waals surface area contributed by atoms with E-state index in [2.05, 4.69) is 36.4 Å². The predicted octanol–water partition coefficient (Wildman–Crippen LogP) is 4.98. The molecule has 4 unspecified atom stereocenters. The molecule has 2 bridgehead atoms. The summed E-state index contributed by atoms with van der Waals surface area (Å²) in [6.45, 7) is 4.78. The van der Waals surface area contributed by atoms with Crippen molar-refractivity contribution < 1.29 is 47.6 Å². The second-order valence-corrected chi connectivity index (χ2v) is 16.4. The number of fused-ring (bicyclic) bond motifs is 3. The van der Waals surface area contributed by atoms with E-state index < -0.39 is 41.5 Å². The molecule has 5 aliphatic rings. The van der Waals surface area contributed by atoms with Crippen LogP contribution in [0.25, 0.3) is 5.82 Å². The number of aromatic nitrogens is 4. The SMILES string of the molecule is CC(=O)NOCC1CC2CC1C1(C2)OO[C@]2(CCC[C@H](OC(=O)NC[C@@H](NC(=O)c3cn(-c4nc(NC5CCOCC5)ncc4C)cn3)c3cc(F)cc(Cl)c3)C2)O1. The van der Waals surface area contributed by atoms with Gasteiger partial charge in [0.25, 0.3) is 5.91 Å². The Morgan fingerprint density at radius 3 is 2.74 bits per heavy atom. The lowest BCUT2D eigenvalue weighted by Crippen LogP contribution is -2.47. The highest BCUT2D eigenvalue weighted by molar-refractivity contribution is 6.30. The minimum atomic E-state index is -1.08. The first-order valence-corrected chi connectivity index (χ1v) is 20.2. The number of aryl methyl sites for hydroxylation is 1. The fraction of sp³-hybridized carbons (Fsp3) is 0.590. The Balaban J connectivity index is 0.890. The van der Waals surface area contributed by atoms with Crippen molar-refractivity contribution in [1.82, 2.24) is 35.6 Å². The van der Waals surface area contributed by atoms with Gasteiger partial charge in [-0.1, -0.05) is 11.6 Å². The third-order valence-corrected chi connectivity index (χ3v) is 11.9. The van der Waals surface area contributed by atoms with Gasteiger partial charge in [-0.2, -0.15) is 14.8 Å². The van der Waals surface area contributed by atoms with E-state index in [1.54, 1.807) is 10.8 Å². The van der Waals surface area contributed by atoms with Gasteiger partial charge in [0.2, 0.25) is 23.4 Å². The second-order valence-electron chi connectivity index (χ2n) is 16.0. The van der Waals surface area contributed by atoms with E-state index in [0.717, 1.165) is 37.3 Å². The van der Waals surface area contributed by atoms with Crippen molar-refractivity contribution in [3.63, 3.8) is 0 Å². The van der Waals surface area contributed by atoms with Crippen LogP contribution in [-0.2, 0) is 33.6 Å². The highest BCUT2D eigenvalue weighted by Crippen LogP contribution is 2.61. The summed E-state index contributed by atoms with van der Waals surface area (Å²) < 4.78 is 34.2. The Kier molecular flexibility index (Phi) is 11.8. The lowest BCUT2D eigenvalue weighted by atomic mass is 9.84. The van der Waals surface area contributed by atoms with E-state index in [-0.39, 0.29) is 47.5 Å². The molecule has 3 aromatic rings. The topological polar surface area (TPSA) is 198 Å². The number of rotatable bonds is 12. The fourth-order valence-electron chi connectivity index (χ4n) is 9.04. The van der Waals surface area contributed by atoms with Crippen LogP contribution in [0.15, 0.2) is 36.9 Å². The average Bonchev–Trinajstić information content (AvgIpc) is 3.98. The summed E-state index contributed by atoms with van der Waals surface area (Å²) in [4.78, 5) is 69.0. The molecule has 3 saturated carbocycles. The van der Waals surface area contributed by atoms with Crippen LogP contribution in [0, 0.1) is 30.5 Å². The molecule has 1 aromatic carbocycles. The van der Waals surface area contributed by atoms with Crippen LogP contribution in [0.5, 0.6) is 0 Å². The molecule has 2 aromatic heterocycles. The molecule has 3 aliphatic carbocycles. The number of nitrogens with one attached hydrogen (secondary N) is 4. The minimum absolute atomic E-state index is 0.0289. The number of imidazole rings is 1. The monoisotopic (exact) mass is 826 g/mol. The maximum atomic E-state index is 14.6. The van der Waals surface area contributed by atoms with Crippen LogP contribution >= 0.6 is 11.6 Å². The summed E-state index contributed by atoms with van der Waals surface area (Å²) in [6.07, 6.45) is 9.72. The Morgan fingerprint density at radius 2 is 1.95 bits per heavy atom. The molecule has 8 rings (SSSR count). The van der Waals surface area contributed by atoms with Gasteiger partial charge < -0.3 is 30.2 Å². The van der Waals surface area contributed by atoms with Crippen molar-refractivity contribution in [2.45, 2.75) is 101 Å². The van der Waals surface area contributed by atoms with Crippen LogP contribution in [0.3, 0.4) is 0 Å². The van der Waals surface area contributed by atoms with Crippen LogP contribution in [-0.4, -0.2) is 87.5 Å². The van der Waals surface area contributed by atoms with E-state index >= 15 is 0 Å². The molecule has 4 N–H and O–H groups in total. The predicted molar refractivity (Wildman–Crippen MR) is 203 cm³/mol. The third kappa shape index (κ3) is 9.06. The van der Waals surface area contributed by atoms with Crippen molar-refractivity contribution in [2.75, 3.05) is 31.7 Å². The summed E-state index contributed by atoms with van der Waals surface area (Å²) in [5.41, 5.74) is 3.56. The first kappa shape index (κ1) is 40.3. The van der Waals surface area contributed by atoms with E-state index in [9.17, 15) is 18.8 Å². The van der Waals surface area contributed by atoms with Crippen LogP contribution in [0.1, 0.15) is 92.4 Å². The lowest BCUT2D eigenvalue weighted by molar-refractivity contribution is -0.366. The molecular formula is C39H48ClFN8O9. The lowest BCUT2D eigenvalue weighted by Gasteiger charge is -2.38. The van der Waals surface area contributed by atoms with Gasteiger partial charge >= 0.3 is 6.09 Å². The van der Waals surface area contributed by atoms with Gasteiger partial charge in [-0.25, -0.2) is 24.6 Å². The summed E-state index contributed by atoms with van der Waals surface area (Å²) >= 11 is 6.21. The van der Waals surface area contributed by atoms with Gasteiger partial charge in [0.1, 0.15) is 29.8 Å². The Morgan fingerprint density at radius 1 is 1.10 bits per heavy atom. The van der Waals surface area contributed by atoms with E-state index in [1.165, 1.54) is 31.6 Å². The number of hydroxylamine groups is 1. The van der Waals surface area contributed by atoms with Crippen LogP contribution in [0.4, 0.5) is 15.1 Å². The van der Waals surface area contributed by atoms with Crippen molar-refractivity contribution in [1.29, 1.82) is 0 Å². The van der Waals surface area contributed by atoms with Gasteiger partial charge in [0, 0.05) is 80.9 Å². The van der Waals surface area contributed by atoms with Gasteiger partial charge in [0.15, 0.2) is 0 Å². The van der Waals surface area contributed by atoms with Gasteiger partial charge in [0.05, 0.1) is 12.6 Å². The van der Waals surface area contributed by atoms with Crippen molar-refractivity contribution >= 4 is 35.5 Å². The summed E-state index contributed by atoms with van der Waals surface area (Å²) in [6, 6.07) is 3.18. The maximum absolute atomic E-state index is 14.6. The molecule has 58 heavy (non-hydrogen) atoms. The number of amides is 3. The number of carbonyl (C=O) groups is 3.